The highest BCUT2D eigenvalue weighted by Crippen LogP contribution is 2.22. The maximum Gasteiger partial charge on any atom is 0.326 e. The van der Waals surface area contributed by atoms with Crippen molar-refractivity contribution in [2.45, 2.75) is 24.9 Å². The molecule has 1 aromatic rings. The SMILES string of the molecule is NC(C(=O)O)c1csc(NC2CCOCC2)n1. The molecule has 1 aliphatic rings. The van der Waals surface area contributed by atoms with E-state index in [4.69, 9.17) is 15.6 Å². The Morgan fingerprint density at radius 2 is 2.35 bits per heavy atom. The molecule has 0 aromatic carbocycles. The Balaban J connectivity index is 1.95. The second kappa shape index (κ2) is 5.44. The van der Waals surface area contributed by atoms with E-state index in [0.29, 0.717) is 11.7 Å². The molecule has 0 amide bonds. The third-order valence-electron chi connectivity index (χ3n) is 2.66. The molecule has 6 nitrogen and oxygen atoms in total. The van der Waals surface area contributed by atoms with Gasteiger partial charge in [-0.25, -0.2) is 4.98 Å². The number of carboxylic acid groups (broad SMARTS) is 1. The molecular weight excluding hydrogens is 242 g/mol. The molecule has 7 heteroatoms. The number of nitrogens with two attached hydrogens (primary N) is 1. The van der Waals surface area contributed by atoms with Crippen molar-refractivity contribution in [3.63, 3.8) is 0 Å². The molecule has 94 valence electrons. The summed E-state index contributed by atoms with van der Waals surface area (Å²) in [5.41, 5.74) is 5.88. The van der Waals surface area contributed by atoms with E-state index in [-0.39, 0.29) is 0 Å². The molecular formula is C10H15N3O3S. The minimum atomic E-state index is -1.06. The van der Waals surface area contributed by atoms with Crippen molar-refractivity contribution in [2.75, 3.05) is 18.5 Å². The predicted molar refractivity (Wildman–Crippen MR) is 64.1 cm³/mol. The van der Waals surface area contributed by atoms with E-state index in [1.54, 1.807) is 5.38 Å². The first-order chi connectivity index (χ1) is 8.16. The lowest BCUT2D eigenvalue weighted by atomic mass is 10.1. The molecule has 0 spiro atoms. The van der Waals surface area contributed by atoms with Gasteiger partial charge < -0.3 is 20.9 Å². The van der Waals surface area contributed by atoms with Gasteiger partial charge in [-0.05, 0) is 12.8 Å². The highest BCUT2D eigenvalue weighted by molar-refractivity contribution is 7.13. The summed E-state index contributed by atoms with van der Waals surface area (Å²) in [5, 5.41) is 14.4. The van der Waals surface area contributed by atoms with Crippen LogP contribution in [0.25, 0.3) is 0 Å². The summed E-state index contributed by atoms with van der Waals surface area (Å²) in [7, 11) is 0. The molecule has 1 fully saturated rings. The Kier molecular flexibility index (Phi) is 3.93. The van der Waals surface area contributed by atoms with Gasteiger partial charge in [0.2, 0.25) is 0 Å². The van der Waals surface area contributed by atoms with Crippen LogP contribution in [0.15, 0.2) is 5.38 Å². The summed E-state index contributed by atoms with van der Waals surface area (Å²) < 4.78 is 5.26. The number of aliphatic carboxylic acids is 1. The molecule has 4 N–H and O–H groups in total. The average molecular weight is 257 g/mol. The first-order valence-electron chi connectivity index (χ1n) is 5.45. The molecule has 1 aliphatic heterocycles. The van der Waals surface area contributed by atoms with Gasteiger partial charge in [0.25, 0.3) is 0 Å². The molecule has 1 saturated heterocycles. The normalized spacial score (nSPS) is 18.9. The van der Waals surface area contributed by atoms with Crippen LogP contribution in [0.5, 0.6) is 0 Å². The predicted octanol–water partition coefficient (Wildman–Crippen LogP) is 0.818. The molecule has 0 radical (unpaired) electrons. The monoisotopic (exact) mass is 257 g/mol. The van der Waals surface area contributed by atoms with Crippen molar-refractivity contribution in [1.82, 2.24) is 4.98 Å². The van der Waals surface area contributed by atoms with Gasteiger partial charge in [0.15, 0.2) is 5.13 Å². The lowest BCUT2D eigenvalue weighted by Crippen LogP contribution is -2.28. The number of nitrogens with one attached hydrogen (secondary N) is 1. The summed E-state index contributed by atoms with van der Waals surface area (Å²) >= 11 is 1.38. The van der Waals surface area contributed by atoms with Gasteiger partial charge in [-0.3, -0.25) is 4.79 Å². The molecule has 2 heterocycles. The summed E-state index contributed by atoms with van der Waals surface area (Å²) in [6.45, 7) is 1.51. The highest BCUT2D eigenvalue weighted by Gasteiger charge is 2.19. The van der Waals surface area contributed by atoms with Crippen LogP contribution in [0.3, 0.4) is 0 Å². The number of nitrogens with zero attached hydrogens (tertiary/aromatic N) is 1. The second-order valence-electron chi connectivity index (χ2n) is 3.92. The van der Waals surface area contributed by atoms with E-state index in [1.807, 2.05) is 0 Å². The number of carboxylic acids is 1. The summed E-state index contributed by atoms with van der Waals surface area (Å²) in [6.07, 6.45) is 1.89. The minimum absolute atomic E-state index is 0.351. The first-order valence-corrected chi connectivity index (χ1v) is 6.33. The molecule has 0 bridgehead atoms. The number of aromatic nitrogens is 1. The average Bonchev–Trinajstić information content (AvgIpc) is 2.77. The zero-order valence-corrected chi connectivity index (χ0v) is 10.1. The van der Waals surface area contributed by atoms with Gasteiger partial charge in [-0.2, -0.15) is 0 Å². The van der Waals surface area contributed by atoms with Crippen molar-refractivity contribution < 1.29 is 14.6 Å². The van der Waals surface area contributed by atoms with Gasteiger partial charge in [0.05, 0.1) is 5.69 Å². The zero-order valence-electron chi connectivity index (χ0n) is 9.26. The Hall–Kier alpha value is -1.18. The van der Waals surface area contributed by atoms with Crippen molar-refractivity contribution in [3.8, 4) is 0 Å². The van der Waals surface area contributed by atoms with Gasteiger partial charge >= 0.3 is 5.97 Å². The molecule has 1 unspecified atom stereocenters. The van der Waals surface area contributed by atoms with Gasteiger partial charge in [0, 0.05) is 24.6 Å². The van der Waals surface area contributed by atoms with E-state index in [0.717, 1.165) is 31.2 Å². The fourth-order valence-corrected chi connectivity index (χ4v) is 2.46. The van der Waals surface area contributed by atoms with Crippen molar-refractivity contribution in [3.05, 3.63) is 11.1 Å². The molecule has 0 saturated carbocycles. The number of anilines is 1. The maximum atomic E-state index is 10.7. The molecule has 1 aromatic heterocycles. The Bertz CT molecular complexity index is 390. The van der Waals surface area contributed by atoms with Crippen molar-refractivity contribution in [2.24, 2.45) is 5.73 Å². The number of carbonyl (C=O) groups is 1. The van der Waals surface area contributed by atoms with Crippen LogP contribution in [0, 0.1) is 0 Å². The Morgan fingerprint density at radius 1 is 1.65 bits per heavy atom. The molecule has 0 aliphatic carbocycles. The van der Waals surface area contributed by atoms with Gasteiger partial charge in [-0.15, -0.1) is 11.3 Å². The molecule has 2 rings (SSSR count). The van der Waals surface area contributed by atoms with Crippen molar-refractivity contribution >= 4 is 22.4 Å². The number of rotatable bonds is 4. The quantitative estimate of drug-likeness (QED) is 0.738. The zero-order chi connectivity index (χ0) is 12.3. The summed E-state index contributed by atoms with van der Waals surface area (Å²) in [6, 6.07) is -0.694. The van der Waals surface area contributed by atoms with Crippen LogP contribution >= 0.6 is 11.3 Å². The molecule has 1 atom stereocenters. The van der Waals surface area contributed by atoms with Crippen LogP contribution in [0.1, 0.15) is 24.6 Å². The third-order valence-corrected chi connectivity index (χ3v) is 3.45. The lowest BCUT2D eigenvalue weighted by Gasteiger charge is -2.22. The van der Waals surface area contributed by atoms with Crippen molar-refractivity contribution in [1.29, 1.82) is 0 Å². The number of hydrogen-bond donors (Lipinski definition) is 3. The lowest BCUT2D eigenvalue weighted by molar-refractivity contribution is -0.138. The first kappa shape index (κ1) is 12.3. The van der Waals surface area contributed by atoms with Crippen LogP contribution in [0.2, 0.25) is 0 Å². The summed E-state index contributed by atoms with van der Waals surface area (Å²) in [4.78, 5) is 14.9. The minimum Gasteiger partial charge on any atom is -0.480 e. The van der Waals surface area contributed by atoms with Gasteiger partial charge in [0.1, 0.15) is 6.04 Å². The fourth-order valence-electron chi connectivity index (χ4n) is 1.64. The largest absolute Gasteiger partial charge is 0.480 e. The van der Waals surface area contributed by atoms with E-state index >= 15 is 0 Å². The molecule has 17 heavy (non-hydrogen) atoms. The maximum absolute atomic E-state index is 10.7. The number of hydrogen-bond acceptors (Lipinski definition) is 6. The van der Waals surface area contributed by atoms with E-state index in [2.05, 4.69) is 10.3 Å². The van der Waals surface area contributed by atoms with E-state index in [9.17, 15) is 4.79 Å². The fraction of sp³-hybridized carbons (Fsp3) is 0.600. The van der Waals surface area contributed by atoms with E-state index < -0.39 is 12.0 Å². The topological polar surface area (TPSA) is 97.5 Å². The third kappa shape index (κ3) is 3.15. The van der Waals surface area contributed by atoms with Gasteiger partial charge in [-0.1, -0.05) is 0 Å². The van der Waals surface area contributed by atoms with Crippen LogP contribution < -0.4 is 11.1 Å². The Morgan fingerprint density at radius 3 is 3.00 bits per heavy atom. The van der Waals surface area contributed by atoms with Crippen LogP contribution in [-0.4, -0.2) is 35.3 Å². The van der Waals surface area contributed by atoms with E-state index in [1.165, 1.54) is 11.3 Å². The smallest absolute Gasteiger partial charge is 0.326 e. The number of ether oxygens (including phenoxy) is 1. The van der Waals surface area contributed by atoms with Crippen LogP contribution in [0.4, 0.5) is 5.13 Å². The standard InChI is InChI=1S/C10H15N3O3S/c11-8(9(14)15)7-5-17-10(13-7)12-6-1-3-16-4-2-6/h5-6,8H,1-4,11H2,(H,12,13)(H,14,15). The Labute approximate surface area is 103 Å². The van der Waals surface area contributed by atoms with Crippen LogP contribution in [-0.2, 0) is 9.53 Å². The number of thiazole rings is 1. The highest BCUT2D eigenvalue weighted by atomic mass is 32.1. The summed E-state index contributed by atoms with van der Waals surface area (Å²) in [5.74, 6) is -1.06. The second-order valence-corrected chi connectivity index (χ2v) is 4.78.